The van der Waals surface area contributed by atoms with Gasteiger partial charge in [0.2, 0.25) is 5.91 Å². The van der Waals surface area contributed by atoms with Crippen molar-refractivity contribution in [3.63, 3.8) is 0 Å². The van der Waals surface area contributed by atoms with Crippen molar-refractivity contribution in [1.29, 1.82) is 0 Å². The van der Waals surface area contributed by atoms with Gasteiger partial charge in [0.15, 0.2) is 0 Å². The molecule has 0 bridgehead atoms. The van der Waals surface area contributed by atoms with Crippen LogP contribution < -0.4 is 15.0 Å². The number of ether oxygens (including phenoxy) is 1. The van der Waals surface area contributed by atoms with Crippen LogP contribution in [0.3, 0.4) is 0 Å². The highest BCUT2D eigenvalue weighted by Gasteiger charge is 2.13. The van der Waals surface area contributed by atoms with Gasteiger partial charge in [0.05, 0.1) is 13.7 Å². The van der Waals surface area contributed by atoms with Crippen LogP contribution in [-0.2, 0) is 11.3 Å². The quantitative estimate of drug-likeness (QED) is 0.854. The molecule has 116 valence electrons. The molecule has 4 nitrogen and oxygen atoms in total. The summed E-state index contributed by atoms with van der Waals surface area (Å²) in [7, 11) is 1.65. The van der Waals surface area contributed by atoms with Gasteiger partial charge in [0.1, 0.15) is 5.75 Å². The first kappa shape index (κ1) is 16.0. The number of hydrogen-bond acceptors (Lipinski definition) is 3. The van der Waals surface area contributed by atoms with Crippen molar-refractivity contribution in [3.8, 4) is 5.75 Å². The fraction of sp³-hybridized carbons (Fsp3) is 0.278. The number of amides is 1. The second kappa shape index (κ2) is 8.20. The summed E-state index contributed by atoms with van der Waals surface area (Å²) < 4.78 is 5.31. The molecule has 0 radical (unpaired) electrons. The maximum Gasteiger partial charge on any atom is 0.240 e. The summed E-state index contributed by atoms with van der Waals surface area (Å²) in [5.41, 5.74) is 1.97. The minimum absolute atomic E-state index is 0.0589. The van der Waals surface area contributed by atoms with Crippen LogP contribution in [0, 0.1) is 0 Å². The fourth-order valence-corrected chi connectivity index (χ4v) is 2.36. The van der Waals surface area contributed by atoms with Crippen molar-refractivity contribution >= 4 is 11.6 Å². The predicted octanol–water partition coefficient (Wildman–Crippen LogP) is 2.84. The van der Waals surface area contributed by atoms with Gasteiger partial charge < -0.3 is 15.0 Å². The lowest BCUT2D eigenvalue weighted by Gasteiger charge is -2.21. The number of carbonyl (C=O) groups excluding carboxylic acids is 1. The molecule has 0 aliphatic heterocycles. The zero-order chi connectivity index (χ0) is 15.8. The third-order valence-corrected chi connectivity index (χ3v) is 3.47. The first-order valence-electron chi connectivity index (χ1n) is 7.44. The maximum atomic E-state index is 12.4. The molecule has 0 fully saturated rings. The lowest BCUT2D eigenvalue weighted by atomic mass is 10.2. The van der Waals surface area contributed by atoms with Crippen LogP contribution in [0.25, 0.3) is 0 Å². The molecule has 0 aromatic heterocycles. The van der Waals surface area contributed by atoms with E-state index in [0.29, 0.717) is 19.6 Å². The first-order valence-corrected chi connectivity index (χ1v) is 7.44. The Morgan fingerprint density at radius 2 is 1.77 bits per heavy atom. The number of carbonyl (C=O) groups is 1. The van der Waals surface area contributed by atoms with Gasteiger partial charge in [-0.15, -0.1) is 0 Å². The number of benzene rings is 2. The van der Waals surface area contributed by atoms with E-state index in [-0.39, 0.29) is 5.91 Å². The van der Waals surface area contributed by atoms with Crippen molar-refractivity contribution in [2.45, 2.75) is 13.5 Å². The van der Waals surface area contributed by atoms with E-state index in [1.807, 2.05) is 61.5 Å². The molecule has 0 aliphatic rings. The highest BCUT2D eigenvalue weighted by Crippen LogP contribution is 2.17. The van der Waals surface area contributed by atoms with Crippen LogP contribution in [0.4, 0.5) is 5.69 Å². The van der Waals surface area contributed by atoms with E-state index in [2.05, 4.69) is 5.32 Å². The minimum atomic E-state index is 0.0589. The molecule has 0 unspecified atom stereocenters. The number of hydrogen-bond donors (Lipinski definition) is 1. The maximum absolute atomic E-state index is 12.4. The van der Waals surface area contributed by atoms with Gasteiger partial charge in [-0.2, -0.15) is 0 Å². The average molecular weight is 298 g/mol. The van der Waals surface area contributed by atoms with Crippen molar-refractivity contribution < 1.29 is 9.53 Å². The van der Waals surface area contributed by atoms with Crippen LogP contribution in [0.1, 0.15) is 12.5 Å². The SMILES string of the molecule is CCN(C(=O)CNCc1ccccc1OC)c1ccccc1. The number of anilines is 1. The fourth-order valence-electron chi connectivity index (χ4n) is 2.36. The smallest absolute Gasteiger partial charge is 0.240 e. The molecule has 4 heteroatoms. The van der Waals surface area contributed by atoms with Crippen LogP contribution in [0.2, 0.25) is 0 Å². The predicted molar refractivity (Wildman–Crippen MR) is 89.2 cm³/mol. The Kier molecular flexibility index (Phi) is 5.98. The number of nitrogens with zero attached hydrogens (tertiary/aromatic N) is 1. The van der Waals surface area contributed by atoms with E-state index in [1.54, 1.807) is 12.0 Å². The summed E-state index contributed by atoms with van der Waals surface area (Å²) in [5.74, 6) is 0.890. The van der Waals surface area contributed by atoms with Gasteiger partial charge in [0, 0.05) is 24.3 Å². The Morgan fingerprint density at radius 3 is 2.45 bits per heavy atom. The molecular weight excluding hydrogens is 276 g/mol. The molecule has 2 aromatic carbocycles. The summed E-state index contributed by atoms with van der Waals surface area (Å²) in [6.07, 6.45) is 0. The van der Waals surface area contributed by atoms with Crippen molar-refractivity contribution in [2.75, 3.05) is 25.1 Å². The third-order valence-electron chi connectivity index (χ3n) is 3.47. The van der Waals surface area contributed by atoms with Gasteiger partial charge >= 0.3 is 0 Å². The first-order chi connectivity index (χ1) is 10.8. The van der Waals surface area contributed by atoms with Crippen molar-refractivity contribution in [1.82, 2.24) is 5.32 Å². The second-order valence-electron chi connectivity index (χ2n) is 4.89. The Labute approximate surface area is 131 Å². The molecule has 0 saturated carbocycles. The summed E-state index contributed by atoms with van der Waals surface area (Å²) >= 11 is 0. The number of methoxy groups -OCH3 is 1. The molecule has 22 heavy (non-hydrogen) atoms. The molecule has 2 aromatic rings. The summed E-state index contributed by atoms with van der Waals surface area (Å²) in [4.78, 5) is 14.1. The Balaban J connectivity index is 1.92. The largest absolute Gasteiger partial charge is 0.496 e. The molecule has 1 N–H and O–H groups in total. The molecular formula is C18H22N2O2. The van der Waals surface area contributed by atoms with Gasteiger partial charge in [-0.1, -0.05) is 36.4 Å². The van der Waals surface area contributed by atoms with Crippen LogP contribution in [0.5, 0.6) is 5.75 Å². The van der Waals surface area contributed by atoms with Crippen LogP contribution >= 0.6 is 0 Å². The normalized spacial score (nSPS) is 10.3. The Hall–Kier alpha value is -2.33. The molecule has 0 heterocycles. The third kappa shape index (κ3) is 4.09. The van der Waals surface area contributed by atoms with E-state index in [9.17, 15) is 4.79 Å². The van der Waals surface area contributed by atoms with E-state index in [0.717, 1.165) is 17.0 Å². The van der Waals surface area contributed by atoms with Crippen LogP contribution in [-0.4, -0.2) is 26.1 Å². The number of rotatable bonds is 7. The van der Waals surface area contributed by atoms with Crippen LogP contribution in [0.15, 0.2) is 54.6 Å². The van der Waals surface area contributed by atoms with Gasteiger partial charge in [0.25, 0.3) is 0 Å². The topological polar surface area (TPSA) is 41.6 Å². The minimum Gasteiger partial charge on any atom is -0.496 e. The Morgan fingerprint density at radius 1 is 1.09 bits per heavy atom. The molecule has 0 spiro atoms. The molecule has 2 rings (SSSR count). The highest BCUT2D eigenvalue weighted by molar-refractivity contribution is 5.94. The number of nitrogens with one attached hydrogen (secondary N) is 1. The lowest BCUT2D eigenvalue weighted by Crippen LogP contribution is -2.38. The highest BCUT2D eigenvalue weighted by atomic mass is 16.5. The van der Waals surface area contributed by atoms with E-state index < -0.39 is 0 Å². The Bertz CT molecular complexity index is 599. The summed E-state index contributed by atoms with van der Waals surface area (Å²) in [6.45, 7) is 3.52. The molecule has 0 saturated heterocycles. The zero-order valence-electron chi connectivity index (χ0n) is 13.1. The van der Waals surface area contributed by atoms with Crippen molar-refractivity contribution in [2.24, 2.45) is 0 Å². The average Bonchev–Trinajstić information content (AvgIpc) is 2.57. The number of para-hydroxylation sites is 2. The summed E-state index contributed by atoms with van der Waals surface area (Å²) in [5, 5.41) is 3.19. The van der Waals surface area contributed by atoms with Crippen molar-refractivity contribution in [3.05, 3.63) is 60.2 Å². The molecule has 0 aliphatic carbocycles. The van der Waals surface area contributed by atoms with Gasteiger partial charge in [-0.3, -0.25) is 4.79 Å². The molecule has 1 amide bonds. The standard InChI is InChI=1S/C18H22N2O2/c1-3-20(16-10-5-4-6-11-16)18(21)14-19-13-15-9-7-8-12-17(15)22-2/h4-12,19H,3,13-14H2,1-2H3. The monoisotopic (exact) mass is 298 g/mol. The van der Waals surface area contributed by atoms with E-state index >= 15 is 0 Å². The lowest BCUT2D eigenvalue weighted by molar-refractivity contribution is -0.117. The zero-order valence-corrected chi connectivity index (χ0v) is 13.1. The number of likely N-dealkylation sites (N-methyl/N-ethyl adjacent to an activating group) is 1. The van der Waals surface area contributed by atoms with E-state index in [4.69, 9.17) is 4.74 Å². The van der Waals surface area contributed by atoms with Gasteiger partial charge in [-0.05, 0) is 25.1 Å². The van der Waals surface area contributed by atoms with E-state index in [1.165, 1.54) is 0 Å². The molecule has 0 atom stereocenters. The van der Waals surface area contributed by atoms with Gasteiger partial charge in [-0.25, -0.2) is 0 Å². The summed E-state index contributed by atoms with van der Waals surface area (Å²) in [6, 6.07) is 17.5. The second-order valence-corrected chi connectivity index (χ2v) is 4.89.